The van der Waals surface area contributed by atoms with Gasteiger partial charge in [-0.05, 0) is 40.5 Å². The van der Waals surface area contributed by atoms with Crippen LogP contribution in [0.4, 0.5) is 11.4 Å². The minimum atomic E-state index is -2.62. The number of para-hydroxylation sites is 1. The monoisotopic (exact) mass is 374 g/mol. The summed E-state index contributed by atoms with van der Waals surface area (Å²) in [5.41, 5.74) is 1.28. The molecule has 1 aromatic heterocycles. The summed E-state index contributed by atoms with van der Waals surface area (Å²) in [6, 6.07) is 8.35. The van der Waals surface area contributed by atoms with Gasteiger partial charge in [0, 0.05) is 0 Å². The lowest BCUT2D eigenvalue weighted by molar-refractivity contribution is 0.0703. The zero-order valence-corrected chi connectivity index (χ0v) is 13.4. The normalized spacial score (nSPS) is 12.2. The van der Waals surface area contributed by atoms with Crippen molar-refractivity contribution in [2.75, 3.05) is 4.31 Å². The van der Waals surface area contributed by atoms with Crippen LogP contribution in [-0.4, -0.2) is 19.8 Å². The van der Waals surface area contributed by atoms with Crippen LogP contribution in [-0.2, 0) is 11.3 Å². The van der Waals surface area contributed by atoms with E-state index in [4.69, 9.17) is 0 Å². The molecule has 0 aliphatic rings. The fourth-order valence-corrected chi connectivity index (χ4v) is 3.88. The van der Waals surface area contributed by atoms with Crippen LogP contribution < -0.4 is 4.31 Å². The number of anilines is 2. The lowest BCUT2D eigenvalue weighted by Gasteiger charge is -2.27. The third kappa shape index (κ3) is 2.93. The Bertz CT molecular complexity index is 686. The largest absolute Gasteiger partial charge is 0.755 e. The molecule has 2 rings (SSSR count). The minimum Gasteiger partial charge on any atom is -0.755 e. The van der Waals surface area contributed by atoms with Crippen molar-refractivity contribution in [3.8, 4) is 0 Å². The molecule has 20 heavy (non-hydrogen) atoms. The Balaban J connectivity index is 2.64. The maximum Gasteiger partial charge on any atom is 0.348 e. The van der Waals surface area contributed by atoms with E-state index in [-0.39, 0.29) is 10.6 Å². The Morgan fingerprint density at radius 3 is 2.60 bits per heavy atom. The molecule has 0 bridgehead atoms. The van der Waals surface area contributed by atoms with E-state index in [2.05, 4.69) is 15.9 Å². The fourth-order valence-electron chi connectivity index (χ4n) is 1.74. The van der Waals surface area contributed by atoms with E-state index in [0.29, 0.717) is 9.47 Å². The first-order valence-electron chi connectivity index (χ1n) is 5.39. The van der Waals surface area contributed by atoms with Gasteiger partial charge >= 0.3 is 5.97 Å². The molecule has 0 saturated heterocycles. The van der Waals surface area contributed by atoms with Gasteiger partial charge in [0.05, 0.1) is 26.4 Å². The average Bonchev–Trinajstić information content (AvgIpc) is 2.74. The van der Waals surface area contributed by atoms with Gasteiger partial charge in [0.1, 0.15) is 4.88 Å². The summed E-state index contributed by atoms with van der Waals surface area (Å²) in [6.07, 6.45) is 0. The first-order valence-corrected chi connectivity index (χ1v) is 8.03. The number of benzene rings is 1. The maximum absolute atomic E-state index is 11.6. The summed E-state index contributed by atoms with van der Waals surface area (Å²) < 4.78 is 24.7. The average molecular weight is 375 g/mol. The number of aromatic carboxylic acids is 1. The molecule has 2 aromatic rings. The first-order chi connectivity index (χ1) is 9.41. The molecule has 8 heteroatoms. The smallest absolute Gasteiger partial charge is 0.348 e. The number of rotatable bonds is 4. The molecular formula is C12H9BrNO4S2-. The summed E-state index contributed by atoms with van der Waals surface area (Å²) in [5.74, 6) is -1.17. The minimum absolute atomic E-state index is 0.0377. The number of aryl methyl sites for hydroxylation is 1. The van der Waals surface area contributed by atoms with Crippen molar-refractivity contribution < 1.29 is 18.7 Å². The molecule has 0 aliphatic carbocycles. The summed E-state index contributed by atoms with van der Waals surface area (Å²) >= 11 is 1.53. The van der Waals surface area contributed by atoms with E-state index in [0.717, 1.165) is 21.2 Å². The van der Waals surface area contributed by atoms with Crippen LogP contribution in [0.15, 0.2) is 34.1 Å². The van der Waals surface area contributed by atoms with Crippen LogP contribution in [0, 0.1) is 6.92 Å². The third-order valence-corrected chi connectivity index (χ3v) is 4.89. The highest BCUT2D eigenvalue weighted by atomic mass is 79.9. The number of carboxylic acid groups (broad SMARTS) is 1. The van der Waals surface area contributed by atoms with Gasteiger partial charge in [-0.25, -0.2) is 4.79 Å². The second kappa shape index (κ2) is 6.04. The second-order valence-electron chi connectivity index (χ2n) is 3.87. The second-order valence-corrected chi connectivity index (χ2v) is 7.10. The summed E-state index contributed by atoms with van der Waals surface area (Å²) in [7, 11) is 0. The van der Waals surface area contributed by atoms with E-state index in [9.17, 15) is 18.7 Å². The van der Waals surface area contributed by atoms with Gasteiger partial charge in [0.2, 0.25) is 0 Å². The van der Waals surface area contributed by atoms with Crippen LogP contribution in [0.3, 0.4) is 0 Å². The highest BCUT2D eigenvalue weighted by Gasteiger charge is 2.22. The van der Waals surface area contributed by atoms with Crippen molar-refractivity contribution in [1.29, 1.82) is 0 Å². The van der Waals surface area contributed by atoms with Crippen LogP contribution in [0.5, 0.6) is 0 Å². The van der Waals surface area contributed by atoms with Crippen LogP contribution in [0.1, 0.15) is 15.2 Å². The number of thiophene rings is 1. The SMILES string of the molecule is Cc1ccccc1N(c1cc(Br)sc1C(=O)O)S(=O)[O-]. The van der Waals surface area contributed by atoms with Crippen molar-refractivity contribution in [2.45, 2.75) is 6.92 Å². The Labute approximate surface area is 130 Å². The third-order valence-electron chi connectivity index (χ3n) is 2.58. The van der Waals surface area contributed by atoms with E-state index >= 15 is 0 Å². The highest BCUT2D eigenvalue weighted by molar-refractivity contribution is 9.11. The van der Waals surface area contributed by atoms with E-state index in [1.54, 1.807) is 31.2 Å². The molecule has 106 valence electrons. The van der Waals surface area contributed by atoms with Crippen molar-refractivity contribution >= 4 is 55.9 Å². The molecule has 1 heterocycles. The van der Waals surface area contributed by atoms with E-state index in [1.165, 1.54) is 6.07 Å². The molecule has 0 amide bonds. The molecule has 0 fully saturated rings. The Kier molecular flexibility index (Phi) is 4.59. The molecular weight excluding hydrogens is 366 g/mol. The van der Waals surface area contributed by atoms with Crippen molar-refractivity contribution in [2.24, 2.45) is 0 Å². The highest BCUT2D eigenvalue weighted by Crippen LogP contribution is 2.39. The zero-order valence-electron chi connectivity index (χ0n) is 10.2. The van der Waals surface area contributed by atoms with Crippen molar-refractivity contribution in [3.05, 3.63) is 44.6 Å². The molecule has 0 spiro atoms. The predicted octanol–water partition coefficient (Wildman–Crippen LogP) is 3.45. The number of halogens is 1. The molecule has 0 radical (unpaired) electrons. The van der Waals surface area contributed by atoms with Crippen LogP contribution >= 0.6 is 27.3 Å². The Morgan fingerprint density at radius 1 is 1.40 bits per heavy atom. The molecule has 1 N–H and O–H groups in total. The number of carbonyl (C=O) groups is 1. The lowest BCUT2D eigenvalue weighted by atomic mass is 10.2. The molecule has 5 nitrogen and oxygen atoms in total. The maximum atomic E-state index is 11.6. The molecule has 1 unspecified atom stereocenters. The van der Waals surface area contributed by atoms with Crippen molar-refractivity contribution in [3.63, 3.8) is 0 Å². The van der Waals surface area contributed by atoms with Crippen LogP contribution in [0.2, 0.25) is 0 Å². The van der Waals surface area contributed by atoms with Gasteiger partial charge in [-0.1, -0.05) is 18.2 Å². The Morgan fingerprint density at radius 2 is 2.05 bits per heavy atom. The number of hydrogen-bond donors (Lipinski definition) is 1. The van der Waals surface area contributed by atoms with Gasteiger partial charge < -0.3 is 9.66 Å². The fraction of sp³-hybridized carbons (Fsp3) is 0.0833. The first kappa shape index (κ1) is 15.2. The molecule has 1 atom stereocenters. The van der Waals surface area contributed by atoms with Crippen molar-refractivity contribution in [1.82, 2.24) is 0 Å². The van der Waals surface area contributed by atoms with Gasteiger partial charge in [-0.2, -0.15) is 0 Å². The molecule has 0 aliphatic heterocycles. The van der Waals surface area contributed by atoms with Crippen LogP contribution in [0.25, 0.3) is 0 Å². The Hall–Kier alpha value is -1.22. The number of hydrogen-bond acceptors (Lipinski definition) is 4. The topological polar surface area (TPSA) is 80.7 Å². The summed E-state index contributed by atoms with van der Waals surface area (Å²) in [6.45, 7) is 1.76. The number of nitrogens with zero attached hydrogens (tertiary/aromatic N) is 1. The number of carboxylic acids is 1. The molecule has 1 aromatic carbocycles. The quantitative estimate of drug-likeness (QED) is 0.830. The van der Waals surface area contributed by atoms with Gasteiger partial charge in [0.15, 0.2) is 0 Å². The van der Waals surface area contributed by atoms with E-state index in [1.807, 2.05) is 0 Å². The summed E-state index contributed by atoms with van der Waals surface area (Å²) in [4.78, 5) is 11.2. The zero-order chi connectivity index (χ0) is 14.9. The van der Waals surface area contributed by atoms with Gasteiger partial charge in [-0.15, -0.1) is 11.3 Å². The predicted molar refractivity (Wildman–Crippen MR) is 81.2 cm³/mol. The van der Waals surface area contributed by atoms with Gasteiger partial charge in [0.25, 0.3) is 0 Å². The van der Waals surface area contributed by atoms with E-state index < -0.39 is 17.2 Å². The van der Waals surface area contributed by atoms with Gasteiger partial charge in [-0.3, -0.25) is 8.51 Å². The lowest BCUT2D eigenvalue weighted by Crippen LogP contribution is -2.21. The summed E-state index contributed by atoms with van der Waals surface area (Å²) in [5, 5.41) is 9.19. The molecule has 0 saturated carbocycles. The standard InChI is InChI=1S/C12H10BrNO4S2/c1-7-4-2-3-5-8(7)14(20(17)18)9-6-10(13)19-11(9)12(15)16/h2-6H,1H3,(H,15,16)(H,17,18)/p-1.